The van der Waals surface area contributed by atoms with E-state index in [1.54, 1.807) is 26.8 Å². The number of carboxylic acids is 1. The molecule has 3 rings (SSSR count). The van der Waals surface area contributed by atoms with Crippen molar-refractivity contribution in [3.8, 4) is 0 Å². The van der Waals surface area contributed by atoms with Gasteiger partial charge >= 0.3 is 12.1 Å². The molecule has 0 fully saturated rings. The minimum absolute atomic E-state index is 0.00601. The number of benzene rings is 1. The van der Waals surface area contributed by atoms with Crippen LogP contribution in [-0.2, 0) is 31.4 Å². The molecule has 0 aliphatic carbocycles. The van der Waals surface area contributed by atoms with Crippen LogP contribution in [0.3, 0.4) is 0 Å². The summed E-state index contributed by atoms with van der Waals surface area (Å²) in [4.78, 5) is 34.0. The Morgan fingerprint density at radius 3 is 2.24 bits per heavy atom. The summed E-state index contributed by atoms with van der Waals surface area (Å²) in [7, 11) is -4.04. The van der Waals surface area contributed by atoms with Crippen LogP contribution in [0.1, 0.15) is 64.4 Å². The van der Waals surface area contributed by atoms with Gasteiger partial charge in [-0.3, -0.25) is 14.7 Å². The number of carbonyl (C=O) groups excluding carboxylic acids is 1. The van der Waals surface area contributed by atoms with Crippen LogP contribution < -0.4 is 9.62 Å². The van der Waals surface area contributed by atoms with Crippen LogP contribution >= 0.6 is 15.9 Å². The number of nitrogens with zero attached hydrogens (tertiary/aromatic N) is 3. The number of hydrogen-bond acceptors (Lipinski definition) is 7. The third-order valence-corrected chi connectivity index (χ3v) is 8.00. The number of carbonyl (C=O) groups is 2. The fourth-order valence-electron chi connectivity index (χ4n) is 3.87. The number of hydrogen-bond donors (Lipinski definition) is 2. The highest BCUT2D eigenvalue weighted by Gasteiger charge is 2.30. The van der Waals surface area contributed by atoms with E-state index >= 15 is 0 Å². The standard InChI is InChI=1S/C29H35BrN4O6S/c1-28(2,3)20-11-9-19(10-12-20)16-23(33-41(38,39)21-8-7-15-31-17-21)26-22(30)13-14-24(32-26)34(18-25(35)36)27(37)40-29(4,5)6/h7-15,17,23,33H,16,18H2,1-6H3,(H,35,36). The van der Waals surface area contributed by atoms with Gasteiger partial charge in [0.25, 0.3) is 0 Å². The average molecular weight is 648 g/mol. The van der Waals surface area contributed by atoms with E-state index in [-0.39, 0.29) is 28.2 Å². The summed E-state index contributed by atoms with van der Waals surface area (Å²) in [6.07, 6.45) is 2.03. The molecule has 1 atom stereocenters. The Labute approximate surface area is 249 Å². The first-order chi connectivity index (χ1) is 19.0. The molecule has 0 aliphatic heterocycles. The molecule has 0 spiro atoms. The third kappa shape index (κ3) is 9.07. The molecular formula is C29H35BrN4O6S. The summed E-state index contributed by atoms with van der Waals surface area (Å²) in [5.41, 5.74) is 1.28. The van der Waals surface area contributed by atoms with Crippen molar-refractivity contribution in [2.75, 3.05) is 11.4 Å². The zero-order chi connectivity index (χ0) is 30.6. The van der Waals surface area contributed by atoms with E-state index in [1.807, 2.05) is 24.3 Å². The number of anilines is 1. The SMILES string of the molecule is CC(C)(C)OC(=O)N(CC(=O)O)c1ccc(Br)c(C(Cc2ccc(C(C)(C)C)cc2)NS(=O)(=O)c2cccnc2)n1. The highest BCUT2D eigenvalue weighted by Crippen LogP contribution is 2.30. The van der Waals surface area contributed by atoms with Crippen LogP contribution in [-0.4, -0.2) is 47.7 Å². The lowest BCUT2D eigenvalue weighted by atomic mass is 9.86. The number of carboxylic acid groups (broad SMARTS) is 1. The predicted octanol–water partition coefficient (Wildman–Crippen LogP) is 5.63. The lowest BCUT2D eigenvalue weighted by Gasteiger charge is -2.27. The second kappa shape index (κ2) is 12.7. The molecule has 1 aromatic carbocycles. The van der Waals surface area contributed by atoms with Crippen LogP contribution in [0.4, 0.5) is 10.6 Å². The molecule has 0 saturated carbocycles. The fraction of sp³-hybridized carbons (Fsp3) is 0.379. The van der Waals surface area contributed by atoms with Gasteiger partial charge in [0, 0.05) is 16.9 Å². The second-order valence-corrected chi connectivity index (χ2v) is 14.1. The average Bonchev–Trinajstić information content (AvgIpc) is 2.86. The lowest BCUT2D eigenvalue weighted by molar-refractivity contribution is -0.135. The van der Waals surface area contributed by atoms with Crippen molar-refractivity contribution >= 4 is 43.8 Å². The number of amides is 1. The van der Waals surface area contributed by atoms with Crippen molar-refractivity contribution in [1.82, 2.24) is 14.7 Å². The smallest absolute Gasteiger partial charge is 0.416 e. The van der Waals surface area contributed by atoms with Crippen LogP contribution in [0.2, 0.25) is 0 Å². The second-order valence-electron chi connectivity index (χ2n) is 11.5. The maximum atomic E-state index is 13.4. The molecular weight excluding hydrogens is 612 g/mol. The van der Waals surface area contributed by atoms with Gasteiger partial charge in [0.2, 0.25) is 10.0 Å². The number of halogens is 1. The maximum Gasteiger partial charge on any atom is 0.416 e. The Morgan fingerprint density at radius 1 is 1.05 bits per heavy atom. The molecule has 2 aromatic heterocycles. The number of pyridine rings is 2. The molecule has 2 N–H and O–H groups in total. The summed E-state index contributed by atoms with van der Waals surface area (Å²) in [6, 6.07) is 13.0. The topological polar surface area (TPSA) is 139 Å². The van der Waals surface area contributed by atoms with E-state index < -0.39 is 40.3 Å². The van der Waals surface area contributed by atoms with Crippen molar-refractivity contribution in [3.63, 3.8) is 0 Å². The summed E-state index contributed by atoms with van der Waals surface area (Å²) in [5.74, 6) is -1.27. The molecule has 220 valence electrons. The molecule has 2 heterocycles. The first-order valence-electron chi connectivity index (χ1n) is 12.9. The van der Waals surface area contributed by atoms with Gasteiger partial charge in [0.15, 0.2) is 0 Å². The van der Waals surface area contributed by atoms with Crippen molar-refractivity contribution < 1.29 is 27.9 Å². The van der Waals surface area contributed by atoms with Gasteiger partial charge in [-0.25, -0.2) is 22.9 Å². The number of rotatable bonds is 9. The number of aromatic nitrogens is 2. The Bertz CT molecular complexity index is 1480. The summed E-state index contributed by atoms with van der Waals surface area (Å²) in [5, 5.41) is 9.49. The van der Waals surface area contributed by atoms with Gasteiger partial charge in [0.1, 0.15) is 22.9 Å². The van der Waals surface area contributed by atoms with Crippen molar-refractivity contribution in [1.29, 1.82) is 0 Å². The van der Waals surface area contributed by atoms with Gasteiger partial charge in [-0.1, -0.05) is 45.0 Å². The molecule has 0 aliphatic rings. The highest BCUT2D eigenvalue weighted by molar-refractivity contribution is 9.10. The Hall–Kier alpha value is -3.35. The van der Waals surface area contributed by atoms with Crippen LogP contribution in [0, 0.1) is 0 Å². The molecule has 3 aromatic rings. The highest BCUT2D eigenvalue weighted by atomic mass is 79.9. The van der Waals surface area contributed by atoms with Crippen LogP contribution in [0.15, 0.2) is 70.3 Å². The predicted molar refractivity (Wildman–Crippen MR) is 159 cm³/mol. The summed E-state index contributed by atoms with van der Waals surface area (Å²) >= 11 is 3.47. The van der Waals surface area contributed by atoms with Gasteiger partial charge < -0.3 is 9.84 Å². The number of ether oxygens (including phenoxy) is 1. The summed E-state index contributed by atoms with van der Waals surface area (Å²) < 4.78 is 35.4. The molecule has 12 heteroatoms. The monoisotopic (exact) mass is 646 g/mol. The van der Waals surface area contributed by atoms with Crippen molar-refractivity contribution in [3.05, 3.63) is 82.2 Å². The molecule has 1 amide bonds. The molecule has 0 saturated heterocycles. The van der Waals surface area contributed by atoms with E-state index in [2.05, 4.69) is 51.4 Å². The van der Waals surface area contributed by atoms with E-state index in [1.165, 1.54) is 30.6 Å². The fourth-order valence-corrected chi connectivity index (χ4v) is 5.53. The van der Waals surface area contributed by atoms with Gasteiger partial charge in [-0.05, 0) is 83.9 Å². The van der Waals surface area contributed by atoms with E-state index in [0.717, 1.165) is 16.0 Å². The quantitative estimate of drug-likeness (QED) is 0.305. The normalized spacial score (nSPS) is 13.0. The van der Waals surface area contributed by atoms with Crippen LogP contribution in [0.5, 0.6) is 0 Å². The van der Waals surface area contributed by atoms with E-state index in [4.69, 9.17) is 4.74 Å². The molecule has 41 heavy (non-hydrogen) atoms. The Balaban J connectivity index is 2.09. The molecule has 10 nitrogen and oxygen atoms in total. The largest absolute Gasteiger partial charge is 0.480 e. The Kier molecular flexibility index (Phi) is 9.94. The maximum absolute atomic E-state index is 13.4. The summed E-state index contributed by atoms with van der Waals surface area (Å²) in [6.45, 7) is 10.6. The zero-order valence-corrected chi connectivity index (χ0v) is 26.3. The molecule has 0 radical (unpaired) electrons. The molecule has 0 bridgehead atoms. The first kappa shape index (κ1) is 32.2. The third-order valence-electron chi connectivity index (χ3n) is 5.87. The number of nitrogens with one attached hydrogen (secondary N) is 1. The van der Waals surface area contributed by atoms with E-state index in [0.29, 0.717) is 4.47 Å². The molecule has 1 unspecified atom stereocenters. The van der Waals surface area contributed by atoms with Crippen molar-refractivity contribution in [2.45, 2.75) is 69.9 Å². The first-order valence-corrected chi connectivity index (χ1v) is 15.1. The zero-order valence-electron chi connectivity index (χ0n) is 23.9. The number of aliphatic carboxylic acids is 1. The van der Waals surface area contributed by atoms with Gasteiger partial charge in [-0.15, -0.1) is 0 Å². The lowest BCUT2D eigenvalue weighted by Crippen LogP contribution is -2.40. The van der Waals surface area contributed by atoms with Crippen LogP contribution in [0.25, 0.3) is 0 Å². The minimum Gasteiger partial charge on any atom is -0.480 e. The minimum atomic E-state index is -4.04. The van der Waals surface area contributed by atoms with Gasteiger partial charge in [0.05, 0.1) is 11.7 Å². The Morgan fingerprint density at radius 2 is 1.71 bits per heavy atom. The number of sulfonamides is 1. The van der Waals surface area contributed by atoms with E-state index in [9.17, 15) is 23.1 Å². The van der Waals surface area contributed by atoms with Crippen molar-refractivity contribution in [2.24, 2.45) is 0 Å². The van der Waals surface area contributed by atoms with Gasteiger partial charge in [-0.2, -0.15) is 0 Å².